The predicted molar refractivity (Wildman–Crippen MR) is 61.0 cm³/mol. The number of hydrogen-bond donors (Lipinski definition) is 1. The third-order valence-corrected chi connectivity index (χ3v) is 2.64. The molecule has 0 aromatic rings. The topological polar surface area (TPSA) is 63.6 Å². The van der Waals surface area contributed by atoms with Gasteiger partial charge in [0.2, 0.25) is 0 Å². The molecule has 0 spiro atoms. The van der Waals surface area contributed by atoms with E-state index in [2.05, 4.69) is 0 Å². The Kier molecular flexibility index (Phi) is 6.77. The molecule has 1 N–H and O–H groups in total. The molecule has 4 nitrogen and oxygen atoms in total. The van der Waals surface area contributed by atoms with Crippen LogP contribution in [-0.2, 0) is 14.3 Å². The number of ether oxygens (including phenoxy) is 1. The molecule has 0 aliphatic heterocycles. The molecule has 2 atom stereocenters. The van der Waals surface area contributed by atoms with Crippen molar-refractivity contribution in [2.75, 3.05) is 6.61 Å². The summed E-state index contributed by atoms with van der Waals surface area (Å²) in [5.41, 5.74) is 0. The number of rotatable bonds is 7. The van der Waals surface area contributed by atoms with Crippen LogP contribution in [0.15, 0.2) is 0 Å². The molecule has 0 saturated heterocycles. The Morgan fingerprint density at radius 1 is 1.19 bits per heavy atom. The third-order valence-electron chi connectivity index (χ3n) is 2.64. The lowest BCUT2D eigenvalue weighted by molar-refractivity contribution is -0.157. The Labute approximate surface area is 97.0 Å². The largest absolute Gasteiger partial charge is 0.481 e. The summed E-state index contributed by atoms with van der Waals surface area (Å²) >= 11 is 0. The van der Waals surface area contributed by atoms with Crippen LogP contribution in [0.1, 0.15) is 40.5 Å². The number of carbonyl (C=O) groups excluding carboxylic acids is 1. The summed E-state index contributed by atoms with van der Waals surface area (Å²) in [7, 11) is 0. The van der Waals surface area contributed by atoms with Crippen LogP contribution in [0, 0.1) is 17.8 Å². The summed E-state index contributed by atoms with van der Waals surface area (Å²) < 4.78 is 4.91. The average Bonchev–Trinajstić information content (AvgIpc) is 2.17. The van der Waals surface area contributed by atoms with Crippen molar-refractivity contribution in [3.8, 4) is 0 Å². The number of carbonyl (C=O) groups is 2. The van der Waals surface area contributed by atoms with E-state index in [9.17, 15) is 9.59 Å². The zero-order valence-electron chi connectivity index (χ0n) is 10.5. The van der Waals surface area contributed by atoms with Crippen LogP contribution < -0.4 is 0 Å². The molecule has 16 heavy (non-hydrogen) atoms. The van der Waals surface area contributed by atoms with E-state index in [1.807, 2.05) is 13.8 Å². The van der Waals surface area contributed by atoms with Crippen molar-refractivity contribution in [2.45, 2.75) is 40.5 Å². The molecule has 0 aliphatic carbocycles. The van der Waals surface area contributed by atoms with Gasteiger partial charge in [-0.3, -0.25) is 9.59 Å². The minimum atomic E-state index is -0.943. The SMILES string of the molecule is CCOC(=O)C(CCC(C)C)C(C)C(=O)O. The molecular formula is C12H22O4. The van der Waals surface area contributed by atoms with Crippen LogP contribution in [0.25, 0.3) is 0 Å². The highest BCUT2D eigenvalue weighted by atomic mass is 16.5. The number of carboxylic acid groups (broad SMARTS) is 1. The highest BCUT2D eigenvalue weighted by molar-refractivity contribution is 5.80. The van der Waals surface area contributed by atoms with Gasteiger partial charge in [0.1, 0.15) is 0 Å². The summed E-state index contributed by atoms with van der Waals surface area (Å²) in [5.74, 6) is -2.09. The molecule has 0 fully saturated rings. The van der Waals surface area contributed by atoms with Crippen LogP contribution >= 0.6 is 0 Å². The first-order valence-corrected chi connectivity index (χ1v) is 5.79. The number of hydrogen-bond acceptors (Lipinski definition) is 3. The smallest absolute Gasteiger partial charge is 0.309 e. The second-order valence-electron chi connectivity index (χ2n) is 4.46. The second-order valence-corrected chi connectivity index (χ2v) is 4.46. The number of aliphatic carboxylic acids is 1. The standard InChI is InChI=1S/C12H22O4/c1-5-16-12(15)10(7-6-8(2)3)9(4)11(13)14/h8-10H,5-7H2,1-4H3,(H,13,14). The molecule has 0 aromatic carbocycles. The average molecular weight is 230 g/mol. The molecule has 0 rings (SSSR count). The van der Waals surface area contributed by atoms with E-state index in [4.69, 9.17) is 9.84 Å². The molecule has 0 radical (unpaired) electrons. The first kappa shape index (κ1) is 14.9. The Bertz CT molecular complexity index is 235. The van der Waals surface area contributed by atoms with E-state index in [1.54, 1.807) is 13.8 Å². The summed E-state index contributed by atoms with van der Waals surface area (Å²) in [6, 6.07) is 0. The van der Waals surface area contributed by atoms with E-state index < -0.39 is 23.8 Å². The fraction of sp³-hybridized carbons (Fsp3) is 0.833. The quantitative estimate of drug-likeness (QED) is 0.682. The molecular weight excluding hydrogens is 208 g/mol. The lowest BCUT2D eigenvalue weighted by Gasteiger charge is -2.19. The molecule has 2 unspecified atom stereocenters. The van der Waals surface area contributed by atoms with E-state index in [1.165, 1.54) is 0 Å². The molecule has 0 heterocycles. The molecule has 0 aromatic heterocycles. The number of esters is 1. The zero-order chi connectivity index (χ0) is 12.7. The summed E-state index contributed by atoms with van der Waals surface area (Å²) in [4.78, 5) is 22.5. The van der Waals surface area contributed by atoms with Crippen LogP contribution in [0.4, 0.5) is 0 Å². The van der Waals surface area contributed by atoms with Gasteiger partial charge >= 0.3 is 11.9 Å². The lowest BCUT2D eigenvalue weighted by Crippen LogP contribution is -2.29. The molecule has 4 heteroatoms. The van der Waals surface area contributed by atoms with E-state index in [0.717, 1.165) is 6.42 Å². The maximum Gasteiger partial charge on any atom is 0.309 e. The van der Waals surface area contributed by atoms with E-state index in [0.29, 0.717) is 18.9 Å². The van der Waals surface area contributed by atoms with Crippen molar-refractivity contribution in [3.05, 3.63) is 0 Å². The fourth-order valence-electron chi connectivity index (χ4n) is 1.51. The van der Waals surface area contributed by atoms with Crippen LogP contribution in [0.3, 0.4) is 0 Å². The fourth-order valence-corrected chi connectivity index (χ4v) is 1.51. The van der Waals surface area contributed by atoms with E-state index in [-0.39, 0.29) is 0 Å². The number of carboxylic acids is 1. The Balaban J connectivity index is 4.49. The maximum absolute atomic E-state index is 11.6. The van der Waals surface area contributed by atoms with Gasteiger partial charge in [-0.15, -0.1) is 0 Å². The monoisotopic (exact) mass is 230 g/mol. The maximum atomic E-state index is 11.6. The Morgan fingerprint density at radius 2 is 1.75 bits per heavy atom. The van der Waals surface area contributed by atoms with Crippen molar-refractivity contribution >= 4 is 11.9 Å². The van der Waals surface area contributed by atoms with Crippen molar-refractivity contribution in [1.29, 1.82) is 0 Å². The van der Waals surface area contributed by atoms with Gasteiger partial charge in [-0.1, -0.05) is 27.2 Å². The second kappa shape index (κ2) is 7.25. The normalized spacial score (nSPS) is 14.6. The van der Waals surface area contributed by atoms with Crippen molar-refractivity contribution < 1.29 is 19.4 Å². The van der Waals surface area contributed by atoms with Crippen molar-refractivity contribution in [2.24, 2.45) is 17.8 Å². The molecule has 94 valence electrons. The van der Waals surface area contributed by atoms with Gasteiger partial charge in [0, 0.05) is 0 Å². The minimum Gasteiger partial charge on any atom is -0.481 e. The van der Waals surface area contributed by atoms with Gasteiger partial charge in [0.15, 0.2) is 0 Å². The summed E-state index contributed by atoms with van der Waals surface area (Å²) in [6.45, 7) is 7.68. The van der Waals surface area contributed by atoms with Crippen molar-refractivity contribution in [1.82, 2.24) is 0 Å². The highest BCUT2D eigenvalue weighted by Crippen LogP contribution is 2.22. The first-order chi connectivity index (χ1) is 7.40. The minimum absolute atomic E-state index is 0.295. The first-order valence-electron chi connectivity index (χ1n) is 5.79. The van der Waals surface area contributed by atoms with Crippen LogP contribution in [0.2, 0.25) is 0 Å². The van der Waals surface area contributed by atoms with Crippen molar-refractivity contribution in [3.63, 3.8) is 0 Å². The molecule has 0 aliphatic rings. The van der Waals surface area contributed by atoms with Gasteiger partial charge in [-0.2, -0.15) is 0 Å². The van der Waals surface area contributed by atoms with Gasteiger partial charge in [0.05, 0.1) is 18.4 Å². The van der Waals surface area contributed by atoms with Gasteiger partial charge in [0.25, 0.3) is 0 Å². The zero-order valence-corrected chi connectivity index (χ0v) is 10.5. The predicted octanol–water partition coefficient (Wildman–Crippen LogP) is 2.32. The Hall–Kier alpha value is -1.06. The summed E-state index contributed by atoms with van der Waals surface area (Å²) in [5, 5.41) is 8.93. The molecule has 0 bridgehead atoms. The van der Waals surface area contributed by atoms with Crippen LogP contribution in [-0.4, -0.2) is 23.7 Å². The van der Waals surface area contributed by atoms with Crippen LogP contribution in [0.5, 0.6) is 0 Å². The molecule has 0 amide bonds. The third kappa shape index (κ3) is 5.14. The molecule has 0 saturated carbocycles. The van der Waals surface area contributed by atoms with Gasteiger partial charge < -0.3 is 9.84 Å². The Morgan fingerprint density at radius 3 is 2.12 bits per heavy atom. The highest BCUT2D eigenvalue weighted by Gasteiger charge is 2.30. The lowest BCUT2D eigenvalue weighted by atomic mass is 9.87. The summed E-state index contributed by atoms with van der Waals surface area (Å²) in [6.07, 6.45) is 1.41. The van der Waals surface area contributed by atoms with Gasteiger partial charge in [-0.05, 0) is 19.3 Å². The van der Waals surface area contributed by atoms with Gasteiger partial charge in [-0.25, -0.2) is 0 Å². The van der Waals surface area contributed by atoms with E-state index >= 15 is 0 Å².